The maximum absolute atomic E-state index is 14.8. The van der Waals surface area contributed by atoms with E-state index in [-0.39, 0.29) is 29.9 Å². The molecule has 0 spiro atoms. The molecule has 1 aliphatic carbocycles. The highest BCUT2D eigenvalue weighted by molar-refractivity contribution is 9.10. The first-order chi connectivity index (χ1) is 17.2. The molecule has 5 N–H and O–H groups in total. The van der Waals surface area contributed by atoms with Gasteiger partial charge < -0.3 is 21.5 Å². The Morgan fingerprint density at radius 1 is 1.19 bits per heavy atom. The number of amides is 1. The molecular formula is C26H30BrF2N5O2. The van der Waals surface area contributed by atoms with Crippen LogP contribution in [-0.4, -0.2) is 41.2 Å². The Labute approximate surface area is 217 Å². The van der Waals surface area contributed by atoms with Crippen molar-refractivity contribution in [1.82, 2.24) is 20.6 Å². The highest BCUT2D eigenvalue weighted by atomic mass is 79.9. The predicted octanol–water partition coefficient (Wildman–Crippen LogP) is 4.55. The molecule has 0 aliphatic heterocycles. The number of halogens is 3. The molecule has 1 aromatic heterocycles. The fraction of sp³-hybridized carbons (Fsp3) is 0.346. The van der Waals surface area contributed by atoms with Crippen LogP contribution in [-0.2, 0) is 6.54 Å². The number of nitrogen functional groups attached to an aromatic ring is 1. The van der Waals surface area contributed by atoms with Crippen LogP contribution in [0.15, 0.2) is 47.1 Å². The SMILES string of the molecule is CNC.Nc1ncc(C2CCCC(O)C2)nc1-c1ccc(C(=O)NCc2cc(F)cc(Br)c2)c(F)c1. The van der Waals surface area contributed by atoms with Gasteiger partial charge >= 0.3 is 0 Å². The summed E-state index contributed by atoms with van der Waals surface area (Å²) in [4.78, 5) is 21.3. The summed E-state index contributed by atoms with van der Waals surface area (Å²) >= 11 is 3.20. The number of hydrogen-bond donors (Lipinski definition) is 4. The quantitative estimate of drug-likeness (QED) is 0.363. The summed E-state index contributed by atoms with van der Waals surface area (Å²) in [5.74, 6) is -1.57. The van der Waals surface area contributed by atoms with Crippen molar-refractivity contribution in [3.05, 3.63) is 75.5 Å². The van der Waals surface area contributed by atoms with Gasteiger partial charge in [0.05, 0.1) is 23.6 Å². The second-order valence-corrected chi connectivity index (χ2v) is 9.62. The van der Waals surface area contributed by atoms with Crippen LogP contribution in [0.1, 0.15) is 53.2 Å². The van der Waals surface area contributed by atoms with Gasteiger partial charge in [-0.1, -0.05) is 28.4 Å². The Morgan fingerprint density at radius 2 is 1.94 bits per heavy atom. The summed E-state index contributed by atoms with van der Waals surface area (Å²) in [6, 6.07) is 8.40. The number of aromatic nitrogens is 2. The van der Waals surface area contributed by atoms with E-state index in [1.807, 2.05) is 14.1 Å². The fourth-order valence-electron chi connectivity index (χ4n) is 4.09. The number of rotatable bonds is 5. The summed E-state index contributed by atoms with van der Waals surface area (Å²) in [5.41, 5.74) is 7.85. The molecule has 4 rings (SSSR count). The molecule has 1 amide bonds. The molecule has 1 aliphatic rings. The Bertz CT molecular complexity index is 1190. The molecule has 2 aromatic carbocycles. The Morgan fingerprint density at radius 3 is 2.61 bits per heavy atom. The Kier molecular flexibility index (Phi) is 9.86. The van der Waals surface area contributed by atoms with Crippen LogP contribution in [0.5, 0.6) is 0 Å². The van der Waals surface area contributed by atoms with Crippen LogP contribution >= 0.6 is 15.9 Å². The first kappa shape index (κ1) is 27.6. The zero-order chi connectivity index (χ0) is 26.2. The van der Waals surface area contributed by atoms with E-state index in [0.717, 1.165) is 19.3 Å². The number of anilines is 1. The van der Waals surface area contributed by atoms with Crippen molar-refractivity contribution in [2.75, 3.05) is 19.8 Å². The van der Waals surface area contributed by atoms with E-state index in [1.54, 1.807) is 18.3 Å². The summed E-state index contributed by atoms with van der Waals surface area (Å²) in [7, 11) is 3.75. The lowest BCUT2D eigenvalue weighted by molar-refractivity contribution is 0.0946. The standard InChI is InChI=1S/C24H23BrF2N4O2.C2H7N/c25-16-6-13(7-17(26)10-16)11-30-24(33)19-5-4-15(9-20(19)27)22-23(28)29-12-21(31-22)14-2-1-3-18(32)8-14;1-3-2/h4-7,9-10,12,14,18,32H,1-3,8,11H2,(H2,28,29)(H,30,33);3H,1-2H3. The zero-order valence-electron chi connectivity index (χ0n) is 20.2. The summed E-state index contributed by atoms with van der Waals surface area (Å²) in [5, 5.41) is 15.3. The van der Waals surface area contributed by atoms with Gasteiger partial charge in [0, 0.05) is 22.5 Å². The largest absolute Gasteiger partial charge is 0.393 e. The number of carbonyl (C=O) groups is 1. The maximum atomic E-state index is 14.8. The number of aliphatic hydroxyl groups is 1. The van der Waals surface area contributed by atoms with E-state index in [4.69, 9.17) is 5.73 Å². The number of hydrogen-bond acceptors (Lipinski definition) is 6. The second kappa shape index (κ2) is 12.8. The molecule has 10 heteroatoms. The van der Waals surface area contributed by atoms with Gasteiger partial charge in [0.15, 0.2) is 0 Å². The van der Waals surface area contributed by atoms with Crippen molar-refractivity contribution in [2.45, 2.75) is 44.2 Å². The highest BCUT2D eigenvalue weighted by Crippen LogP contribution is 2.34. The number of aliphatic hydroxyl groups excluding tert-OH is 1. The van der Waals surface area contributed by atoms with Crippen molar-refractivity contribution in [3.63, 3.8) is 0 Å². The minimum absolute atomic E-state index is 0.0457. The molecule has 2 atom stereocenters. The monoisotopic (exact) mass is 561 g/mol. The topological polar surface area (TPSA) is 113 Å². The molecule has 36 heavy (non-hydrogen) atoms. The van der Waals surface area contributed by atoms with Crippen LogP contribution in [0.4, 0.5) is 14.6 Å². The van der Waals surface area contributed by atoms with Gasteiger partial charge in [-0.3, -0.25) is 4.79 Å². The normalized spacial score (nSPS) is 17.2. The number of nitrogens with zero attached hydrogens (tertiary/aromatic N) is 2. The molecule has 0 radical (unpaired) electrons. The van der Waals surface area contributed by atoms with Crippen molar-refractivity contribution < 1.29 is 18.7 Å². The molecule has 0 bridgehead atoms. The second-order valence-electron chi connectivity index (χ2n) is 8.70. The third-order valence-corrected chi connectivity index (χ3v) is 6.20. The Hall–Kier alpha value is -2.95. The average Bonchev–Trinajstić information content (AvgIpc) is 2.83. The van der Waals surface area contributed by atoms with Gasteiger partial charge in [-0.15, -0.1) is 0 Å². The molecule has 7 nitrogen and oxygen atoms in total. The minimum atomic E-state index is -0.731. The van der Waals surface area contributed by atoms with E-state index >= 15 is 0 Å². The molecule has 1 fully saturated rings. The first-order valence-electron chi connectivity index (χ1n) is 11.6. The zero-order valence-corrected chi connectivity index (χ0v) is 21.8. The van der Waals surface area contributed by atoms with Gasteiger partial charge in [-0.2, -0.15) is 0 Å². The van der Waals surface area contributed by atoms with Crippen LogP contribution < -0.4 is 16.4 Å². The van der Waals surface area contributed by atoms with Crippen LogP contribution in [0.2, 0.25) is 0 Å². The van der Waals surface area contributed by atoms with Crippen LogP contribution in [0.3, 0.4) is 0 Å². The van der Waals surface area contributed by atoms with Crippen molar-refractivity contribution >= 4 is 27.7 Å². The number of nitrogens with one attached hydrogen (secondary N) is 2. The highest BCUT2D eigenvalue weighted by Gasteiger charge is 2.24. The van der Waals surface area contributed by atoms with E-state index in [1.165, 1.54) is 24.3 Å². The first-order valence-corrected chi connectivity index (χ1v) is 12.4. The molecule has 192 valence electrons. The summed E-state index contributed by atoms with van der Waals surface area (Å²) in [6.45, 7) is 0.0457. The van der Waals surface area contributed by atoms with Crippen molar-refractivity contribution in [3.8, 4) is 11.3 Å². The number of benzene rings is 2. The van der Waals surface area contributed by atoms with Gasteiger partial charge in [-0.05, 0) is 69.3 Å². The third kappa shape index (κ3) is 7.28. The Balaban J connectivity index is 0.00000115. The van der Waals surface area contributed by atoms with E-state index in [9.17, 15) is 18.7 Å². The maximum Gasteiger partial charge on any atom is 0.254 e. The molecule has 2 unspecified atom stereocenters. The third-order valence-electron chi connectivity index (χ3n) is 5.75. The lowest BCUT2D eigenvalue weighted by atomic mass is 9.85. The van der Waals surface area contributed by atoms with Crippen molar-refractivity contribution in [2.24, 2.45) is 0 Å². The lowest BCUT2D eigenvalue weighted by Gasteiger charge is -2.25. The van der Waals surface area contributed by atoms with Crippen LogP contribution in [0.25, 0.3) is 11.3 Å². The summed E-state index contributed by atoms with van der Waals surface area (Å²) < 4.78 is 28.9. The van der Waals surface area contributed by atoms with Crippen molar-refractivity contribution in [1.29, 1.82) is 0 Å². The van der Waals surface area contributed by atoms with Crippen LogP contribution in [0, 0.1) is 11.6 Å². The molecular weight excluding hydrogens is 532 g/mol. The fourth-order valence-corrected chi connectivity index (χ4v) is 4.60. The average molecular weight is 562 g/mol. The van der Waals surface area contributed by atoms with E-state index < -0.39 is 17.5 Å². The summed E-state index contributed by atoms with van der Waals surface area (Å²) in [6.07, 6.45) is 4.41. The van der Waals surface area contributed by atoms with E-state index in [2.05, 4.69) is 36.5 Å². The van der Waals surface area contributed by atoms with Gasteiger partial charge in [0.1, 0.15) is 23.1 Å². The molecule has 1 saturated carbocycles. The smallest absolute Gasteiger partial charge is 0.254 e. The lowest BCUT2D eigenvalue weighted by Crippen LogP contribution is -2.24. The van der Waals surface area contributed by atoms with Gasteiger partial charge in [0.2, 0.25) is 0 Å². The predicted molar refractivity (Wildman–Crippen MR) is 139 cm³/mol. The van der Waals surface area contributed by atoms with Gasteiger partial charge in [-0.25, -0.2) is 18.7 Å². The van der Waals surface area contributed by atoms with Gasteiger partial charge in [0.25, 0.3) is 5.91 Å². The van der Waals surface area contributed by atoms with E-state index in [0.29, 0.717) is 33.4 Å². The number of carbonyl (C=O) groups excluding carboxylic acids is 1. The minimum Gasteiger partial charge on any atom is -0.393 e. The molecule has 1 heterocycles. The molecule has 3 aromatic rings. The molecule has 0 saturated heterocycles. The number of nitrogens with two attached hydrogens (primary N) is 1.